The zero-order valence-electron chi connectivity index (χ0n) is 10.5. The normalized spacial score (nSPS) is 10.9. The predicted octanol–water partition coefficient (Wildman–Crippen LogP) is 2.57. The van der Waals surface area contributed by atoms with Crippen LogP contribution in [0.25, 0.3) is 5.69 Å². The molecule has 19 heavy (non-hydrogen) atoms. The molecule has 0 fully saturated rings. The second kappa shape index (κ2) is 6.39. The van der Waals surface area contributed by atoms with Gasteiger partial charge < -0.3 is 10.4 Å². The Labute approximate surface area is 122 Å². The average Bonchev–Trinajstić information content (AvgIpc) is 2.67. The van der Waals surface area contributed by atoms with Crippen LogP contribution in [0.3, 0.4) is 0 Å². The zero-order valence-corrected chi connectivity index (χ0v) is 12.0. The van der Waals surface area contributed by atoms with E-state index in [-0.39, 0.29) is 6.61 Å². The minimum Gasteiger partial charge on any atom is -0.395 e. The molecule has 1 heterocycles. The summed E-state index contributed by atoms with van der Waals surface area (Å²) in [6.45, 7) is 3.10. The fourth-order valence-electron chi connectivity index (χ4n) is 1.80. The highest BCUT2D eigenvalue weighted by Gasteiger charge is 2.14. The third-order valence-corrected chi connectivity index (χ3v) is 3.39. The van der Waals surface area contributed by atoms with Gasteiger partial charge in [-0.1, -0.05) is 29.3 Å². The van der Waals surface area contributed by atoms with Gasteiger partial charge in [0.1, 0.15) is 5.15 Å². The van der Waals surface area contributed by atoms with Crippen molar-refractivity contribution in [2.75, 3.05) is 13.2 Å². The Morgan fingerprint density at radius 3 is 2.84 bits per heavy atom. The summed E-state index contributed by atoms with van der Waals surface area (Å²) in [5.41, 5.74) is 2.61. The summed E-state index contributed by atoms with van der Waals surface area (Å²) in [5, 5.41) is 17.5. The Balaban J connectivity index is 2.30. The molecule has 2 N–H and O–H groups in total. The highest BCUT2D eigenvalue weighted by molar-refractivity contribution is 6.31. The molecule has 4 nitrogen and oxygen atoms in total. The van der Waals surface area contributed by atoms with Gasteiger partial charge in [0.15, 0.2) is 0 Å². The Morgan fingerprint density at radius 1 is 1.37 bits per heavy atom. The van der Waals surface area contributed by atoms with Crippen molar-refractivity contribution in [3.05, 3.63) is 45.7 Å². The van der Waals surface area contributed by atoms with Gasteiger partial charge >= 0.3 is 0 Å². The van der Waals surface area contributed by atoms with Crippen molar-refractivity contribution in [2.24, 2.45) is 0 Å². The van der Waals surface area contributed by atoms with Crippen LogP contribution in [0.5, 0.6) is 0 Å². The van der Waals surface area contributed by atoms with Crippen LogP contribution in [0, 0.1) is 6.92 Å². The maximum atomic E-state index is 8.77. The third-order valence-electron chi connectivity index (χ3n) is 2.76. The molecule has 0 radical (unpaired) electrons. The number of aliphatic hydroxyl groups is 1. The molecular formula is C13H15Cl2N3O. The standard InChI is InChI=1S/C13H15Cl2N3O/c1-9-12(8-16-5-6-19)13(15)18(17-9)11-4-2-3-10(14)7-11/h2-4,7,16,19H,5-6,8H2,1H3. The summed E-state index contributed by atoms with van der Waals surface area (Å²) in [6.07, 6.45) is 0. The molecule has 102 valence electrons. The number of nitrogens with zero attached hydrogens (tertiary/aromatic N) is 2. The van der Waals surface area contributed by atoms with Crippen LogP contribution in [-0.2, 0) is 6.54 Å². The van der Waals surface area contributed by atoms with E-state index in [1.165, 1.54) is 0 Å². The van der Waals surface area contributed by atoms with E-state index in [1.54, 1.807) is 10.7 Å². The summed E-state index contributed by atoms with van der Waals surface area (Å²) in [7, 11) is 0. The van der Waals surface area contributed by atoms with Crippen LogP contribution in [0.1, 0.15) is 11.3 Å². The van der Waals surface area contributed by atoms with Gasteiger partial charge in [-0.3, -0.25) is 0 Å². The lowest BCUT2D eigenvalue weighted by atomic mass is 10.2. The first-order valence-electron chi connectivity index (χ1n) is 5.95. The predicted molar refractivity (Wildman–Crippen MR) is 77.1 cm³/mol. The van der Waals surface area contributed by atoms with Crippen molar-refractivity contribution in [3.63, 3.8) is 0 Å². The Kier molecular flexibility index (Phi) is 4.82. The van der Waals surface area contributed by atoms with Gasteiger partial charge in [-0.25, -0.2) is 4.68 Å². The van der Waals surface area contributed by atoms with E-state index in [4.69, 9.17) is 28.3 Å². The number of aryl methyl sites for hydroxylation is 1. The van der Waals surface area contributed by atoms with Crippen LogP contribution < -0.4 is 5.32 Å². The second-order valence-electron chi connectivity index (χ2n) is 4.15. The highest BCUT2D eigenvalue weighted by Crippen LogP contribution is 2.24. The van der Waals surface area contributed by atoms with Gasteiger partial charge in [-0.15, -0.1) is 0 Å². The molecule has 2 rings (SSSR count). The highest BCUT2D eigenvalue weighted by atomic mass is 35.5. The minimum absolute atomic E-state index is 0.0963. The van der Waals surface area contributed by atoms with Crippen molar-refractivity contribution >= 4 is 23.2 Å². The molecule has 0 saturated carbocycles. The van der Waals surface area contributed by atoms with E-state index >= 15 is 0 Å². The molecular weight excluding hydrogens is 285 g/mol. The molecule has 2 aromatic rings. The fraction of sp³-hybridized carbons (Fsp3) is 0.308. The molecule has 0 saturated heterocycles. The van der Waals surface area contributed by atoms with Crippen LogP contribution in [0.15, 0.2) is 24.3 Å². The van der Waals surface area contributed by atoms with Crippen molar-refractivity contribution in [1.29, 1.82) is 0 Å². The van der Waals surface area contributed by atoms with Crippen LogP contribution >= 0.6 is 23.2 Å². The quantitative estimate of drug-likeness (QED) is 0.834. The van der Waals surface area contributed by atoms with E-state index in [0.717, 1.165) is 16.9 Å². The molecule has 0 unspecified atom stereocenters. The SMILES string of the molecule is Cc1nn(-c2cccc(Cl)c2)c(Cl)c1CNCCO. The summed E-state index contributed by atoms with van der Waals surface area (Å²) < 4.78 is 1.67. The minimum atomic E-state index is 0.0963. The van der Waals surface area contributed by atoms with Crippen LogP contribution in [-0.4, -0.2) is 28.0 Å². The van der Waals surface area contributed by atoms with Crippen molar-refractivity contribution in [3.8, 4) is 5.69 Å². The number of nitrogens with one attached hydrogen (secondary N) is 1. The number of aliphatic hydroxyl groups excluding tert-OH is 1. The van der Waals surface area contributed by atoms with Gasteiger partial charge in [-0.2, -0.15) is 5.10 Å². The van der Waals surface area contributed by atoms with Gasteiger partial charge in [0.2, 0.25) is 0 Å². The number of halogens is 2. The smallest absolute Gasteiger partial charge is 0.137 e. The first-order chi connectivity index (χ1) is 9.13. The fourth-order valence-corrected chi connectivity index (χ4v) is 2.33. The average molecular weight is 300 g/mol. The number of benzene rings is 1. The zero-order chi connectivity index (χ0) is 13.8. The molecule has 0 aliphatic carbocycles. The van der Waals surface area contributed by atoms with E-state index in [2.05, 4.69) is 10.4 Å². The molecule has 0 amide bonds. The van der Waals surface area contributed by atoms with Crippen LogP contribution in [0.2, 0.25) is 10.2 Å². The lowest BCUT2D eigenvalue weighted by molar-refractivity contribution is 0.292. The molecule has 0 spiro atoms. The Hall–Kier alpha value is -1.07. The Bertz CT molecular complexity index is 569. The molecule has 1 aromatic carbocycles. The summed E-state index contributed by atoms with van der Waals surface area (Å²) in [4.78, 5) is 0. The summed E-state index contributed by atoms with van der Waals surface area (Å²) in [5.74, 6) is 0. The second-order valence-corrected chi connectivity index (χ2v) is 4.94. The molecule has 1 aromatic heterocycles. The maximum Gasteiger partial charge on any atom is 0.137 e. The molecule has 0 bridgehead atoms. The molecule has 6 heteroatoms. The number of hydrogen-bond donors (Lipinski definition) is 2. The first-order valence-corrected chi connectivity index (χ1v) is 6.70. The van der Waals surface area contributed by atoms with Crippen LogP contribution in [0.4, 0.5) is 0 Å². The monoisotopic (exact) mass is 299 g/mol. The number of hydrogen-bond acceptors (Lipinski definition) is 3. The topological polar surface area (TPSA) is 50.1 Å². The third kappa shape index (κ3) is 3.28. The largest absolute Gasteiger partial charge is 0.395 e. The number of rotatable bonds is 5. The van der Waals surface area contributed by atoms with Gasteiger partial charge in [0.05, 0.1) is 18.0 Å². The first kappa shape index (κ1) is 14.3. The van der Waals surface area contributed by atoms with Gasteiger partial charge in [0, 0.05) is 23.7 Å². The Morgan fingerprint density at radius 2 is 2.16 bits per heavy atom. The van der Waals surface area contributed by atoms with Gasteiger partial charge in [-0.05, 0) is 25.1 Å². The van der Waals surface area contributed by atoms with E-state index in [0.29, 0.717) is 23.3 Å². The van der Waals surface area contributed by atoms with Crippen molar-refractivity contribution < 1.29 is 5.11 Å². The maximum absolute atomic E-state index is 8.77. The summed E-state index contributed by atoms with van der Waals surface area (Å²) >= 11 is 12.3. The molecule has 0 atom stereocenters. The molecule has 0 aliphatic heterocycles. The summed E-state index contributed by atoms with van der Waals surface area (Å²) in [6, 6.07) is 7.37. The molecule has 0 aliphatic rings. The lowest BCUT2D eigenvalue weighted by Crippen LogP contribution is -2.17. The van der Waals surface area contributed by atoms with Gasteiger partial charge in [0.25, 0.3) is 0 Å². The lowest BCUT2D eigenvalue weighted by Gasteiger charge is -2.05. The number of aromatic nitrogens is 2. The van der Waals surface area contributed by atoms with E-state index in [9.17, 15) is 0 Å². The van der Waals surface area contributed by atoms with E-state index in [1.807, 2.05) is 25.1 Å². The van der Waals surface area contributed by atoms with Crippen molar-refractivity contribution in [1.82, 2.24) is 15.1 Å². The van der Waals surface area contributed by atoms with Crippen molar-refractivity contribution in [2.45, 2.75) is 13.5 Å². The van der Waals surface area contributed by atoms with E-state index < -0.39 is 0 Å².